The van der Waals surface area contributed by atoms with E-state index < -0.39 is 0 Å². The van der Waals surface area contributed by atoms with Crippen LogP contribution in [0.3, 0.4) is 0 Å². The van der Waals surface area contributed by atoms with Crippen LogP contribution in [0.2, 0.25) is 0 Å². The third-order valence-electron chi connectivity index (χ3n) is 4.08. The Morgan fingerprint density at radius 2 is 1.79 bits per heavy atom. The first-order chi connectivity index (χ1) is 11.7. The van der Waals surface area contributed by atoms with Gasteiger partial charge >= 0.3 is 0 Å². The van der Waals surface area contributed by atoms with Crippen LogP contribution >= 0.6 is 0 Å². The van der Waals surface area contributed by atoms with Crippen LogP contribution in [0, 0.1) is 0 Å². The van der Waals surface area contributed by atoms with E-state index >= 15 is 0 Å². The van der Waals surface area contributed by atoms with Crippen LogP contribution in [-0.2, 0) is 0 Å². The Morgan fingerprint density at radius 3 is 2.50 bits per heavy atom. The molecule has 0 saturated carbocycles. The van der Waals surface area contributed by atoms with Crippen LogP contribution in [-0.4, -0.2) is 35.7 Å². The normalized spacial score (nSPS) is 12.3. The summed E-state index contributed by atoms with van der Waals surface area (Å²) in [6.45, 7) is 2.97. The first-order valence-corrected chi connectivity index (χ1v) is 7.96. The first kappa shape index (κ1) is 16.2. The fourth-order valence-corrected chi connectivity index (χ4v) is 2.69. The topological polar surface area (TPSA) is 51.4 Å². The van der Waals surface area contributed by atoms with Crippen LogP contribution in [0.15, 0.2) is 59.1 Å². The van der Waals surface area contributed by atoms with Gasteiger partial charge in [-0.3, -0.25) is 4.90 Å². The molecule has 2 aromatic carbocycles. The molecule has 0 N–H and O–H groups in total. The minimum atomic E-state index is -0.0767. The van der Waals surface area contributed by atoms with Crippen molar-refractivity contribution >= 4 is 0 Å². The van der Waals surface area contributed by atoms with E-state index in [9.17, 15) is 0 Å². The molecule has 1 aromatic heterocycles. The van der Waals surface area contributed by atoms with Gasteiger partial charge in [0.15, 0.2) is 0 Å². The maximum Gasteiger partial charge on any atom is 0.248 e. The van der Waals surface area contributed by atoms with E-state index in [4.69, 9.17) is 9.26 Å². The number of benzene rings is 2. The van der Waals surface area contributed by atoms with Crippen LogP contribution < -0.4 is 4.74 Å². The Hall–Kier alpha value is -2.66. The molecule has 1 atom stereocenters. The Balaban J connectivity index is 2.01. The minimum absolute atomic E-state index is 0.0767. The lowest BCUT2D eigenvalue weighted by molar-refractivity contribution is 0.234. The van der Waals surface area contributed by atoms with Crippen molar-refractivity contribution in [1.29, 1.82) is 0 Å². The maximum atomic E-state index is 5.60. The van der Waals surface area contributed by atoms with E-state index in [1.807, 2.05) is 49.5 Å². The van der Waals surface area contributed by atoms with Crippen molar-refractivity contribution in [2.75, 3.05) is 20.7 Å². The van der Waals surface area contributed by atoms with Crippen LogP contribution in [0.1, 0.15) is 24.4 Å². The highest BCUT2D eigenvalue weighted by Gasteiger charge is 2.25. The van der Waals surface area contributed by atoms with Gasteiger partial charge in [-0.15, -0.1) is 0 Å². The molecule has 124 valence electrons. The zero-order valence-corrected chi connectivity index (χ0v) is 14.1. The molecule has 0 fully saturated rings. The Kier molecular flexibility index (Phi) is 4.91. The number of ether oxygens (including phenoxy) is 1. The van der Waals surface area contributed by atoms with Crippen molar-refractivity contribution in [3.8, 4) is 17.1 Å². The van der Waals surface area contributed by atoms with Gasteiger partial charge in [0.1, 0.15) is 11.8 Å². The third kappa shape index (κ3) is 3.16. The Morgan fingerprint density at radius 1 is 1.08 bits per heavy atom. The predicted octanol–water partition coefficient (Wildman–Crippen LogP) is 3.79. The molecule has 24 heavy (non-hydrogen) atoms. The van der Waals surface area contributed by atoms with Crippen LogP contribution in [0.4, 0.5) is 0 Å². The molecule has 5 nitrogen and oxygen atoms in total. The van der Waals surface area contributed by atoms with Crippen LogP contribution in [0.5, 0.6) is 5.75 Å². The summed E-state index contributed by atoms with van der Waals surface area (Å²) in [6, 6.07) is 17.8. The average Bonchev–Trinajstić information content (AvgIpc) is 3.12. The molecule has 0 spiro atoms. The van der Waals surface area contributed by atoms with E-state index in [2.05, 4.69) is 34.1 Å². The second-order valence-electron chi connectivity index (χ2n) is 5.54. The highest BCUT2D eigenvalue weighted by Crippen LogP contribution is 2.31. The van der Waals surface area contributed by atoms with Gasteiger partial charge in [0.2, 0.25) is 11.7 Å². The summed E-state index contributed by atoms with van der Waals surface area (Å²) < 4.78 is 11.0. The summed E-state index contributed by atoms with van der Waals surface area (Å²) in [4.78, 5) is 6.81. The Labute approximate surface area is 141 Å². The number of methoxy groups -OCH3 is 1. The standard InChI is InChI=1S/C19H21N3O2/c1-4-22(2)17(14-10-6-5-7-11-14)19-20-18(21-24-19)15-12-8-9-13-16(15)23-3/h5-13,17H,4H2,1-3H3/t17-/m1/s1. The zero-order valence-electron chi connectivity index (χ0n) is 14.1. The average molecular weight is 323 g/mol. The van der Waals surface area contributed by atoms with Gasteiger partial charge in [0.25, 0.3) is 0 Å². The third-order valence-corrected chi connectivity index (χ3v) is 4.08. The van der Waals surface area contributed by atoms with Gasteiger partial charge in [0, 0.05) is 0 Å². The molecule has 1 heterocycles. The largest absolute Gasteiger partial charge is 0.496 e. The summed E-state index contributed by atoms with van der Waals surface area (Å²) >= 11 is 0. The molecule has 0 amide bonds. The number of hydrogen-bond donors (Lipinski definition) is 0. The number of aromatic nitrogens is 2. The number of rotatable bonds is 6. The van der Waals surface area contributed by atoms with E-state index in [1.54, 1.807) is 7.11 Å². The molecule has 0 aliphatic carbocycles. The van der Waals surface area contributed by atoms with Gasteiger partial charge in [-0.2, -0.15) is 4.98 Å². The van der Waals surface area contributed by atoms with Gasteiger partial charge < -0.3 is 9.26 Å². The van der Waals surface area contributed by atoms with Crippen molar-refractivity contribution in [3.05, 3.63) is 66.1 Å². The predicted molar refractivity (Wildman–Crippen MR) is 92.9 cm³/mol. The monoisotopic (exact) mass is 323 g/mol. The molecule has 0 aliphatic heterocycles. The summed E-state index contributed by atoms with van der Waals surface area (Å²) in [5, 5.41) is 4.17. The van der Waals surface area contributed by atoms with E-state index in [0.717, 1.165) is 23.4 Å². The quantitative estimate of drug-likeness (QED) is 0.691. The van der Waals surface area contributed by atoms with Crippen molar-refractivity contribution in [3.63, 3.8) is 0 Å². The van der Waals surface area contributed by atoms with Gasteiger partial charge in [-0.25, -0.2) is 0 Å². The molecule has 0 bridgehead atoms. The summed E-state index contributed by atoms with van der Waals surface area (Å²) in [7, 11) is 3.68. The Bertz CT molecular complexity index is 786. The van der Waals surface area contributed by atoms with E-state index in [0.29, 0.717) is 11.7 Å². The number of hydrogen-bond acceptors (Lipinski definition) is 5. The van der Waals surface area contributed by atoms with Crippen LogP contribution in [0.25, 0.3) is 11.4 Å². The molecule has 5 heteroatoms. The van der Waals surface area contributed by atoms with Crippen molar-refractivity contribution < 1.29 is 9.26 Å². The summed E-state index contributed by atoms with van der Waals surface area (Å²) in [6.07, 6.45) is 0. The minimum Gasteiger partial charge on any atom is -0.496 e. The summed E-state index contributed by atoms with van der Waals surface area (Å²) in [5.74, 6) is 1.84. The molecule has 0 saturated heterocycles. The lowest BCUT2D eigenvalue weighted by Gasteiger charge is -2.23. The lowest BCUT2D eigenvalue weighted by atomic mass is 10.1. The van der Waals surface area contributed by atoms with Crippen molar-refractivity contribution in [2.45, 2.75) is 13.0 Å². The highest BCUT2D eigenvalue weighted by atomic mass is 16.5. The maximum absolute atomic E-state index is 5.60. The number of para-hydroxylation sites is 1. The van der Waals surface area contributed by atoms with Gasteiger partial charge in [0.05, 0.1) is 12.7 Å². The zero-order chi connectivity index (χ0) is 16.9. The lowest BCUT2D eigenvalue weighted by Crippen LogP contribution is -2.25. The fraction of sp³-hybridized carbons (Fsp3) is 0.263. The van der Waals surface area contributed by atoms with E-state index in [-0.39, 0.29) is 6.04 Å². The van der Waals surface area contributed by atoms with Crippen molar-refractivity contribution in [2.24, 2.45) is 0 Å². The SMILES string of the molecule is CCN(C)[C@H](c1ccccc1)c1nc(-c2ccccc2OC)no1. The smallest absolute Gasteiger partial charge is 0.248 e. The van der Waals surface area contributed by atoms with Crippen molar-refractivity contribution in [1.82, 2.24) is 15.0 Å². The van der Waals surface area contributed by atoms with E-state index in [1.165, 1.54) is 0 Å². The molecule has 0 radical (unpaired) electrons. The van der Waals surface area contributed by atoms with Gasteiger partial charge in [-0.05, 0) is 31.3 Å². The molecule has 3 aromatic rings. The molecule has 0 aliphatic rings. The molecular weight excluding hydrogens is 302 g/mol. The van der Waals surface area contributed by atoms with Gasteiger partial charge in [-0.1, -0.05) is 54.5 Å². The second kappa shape index (κ2) is 7.27. The molecular formula is C19H21N3O2. The number of nitrogens with zero attached hydrogens (tertiary/aromatic N) is 3. The molecule has 3 rings (SSSR count). The molecule has 0 unspecified atom stereocenters. The summed E-state index contributed by atoms with van der Waals surface area (Å²) in [5.41, 5.74) is 1.94. The first-order valence-electron chi connectivity index (χ1n) is 7.96. The fourth-order valence-electron chi connectivity index (χ4n) is 2.69. The second-order valence-corrected chi connectivity index (χ2v) is 5.54. The highest BCUT2D eigenvalue weighted by molar-refractivity contribution is 5.63.